The van der Waals surface area contributed by atoms with Crippen LogP contribution in [-0.4, -0.2) is 62.6 Å². The Bertz CT molecular complexity index is 980. The largest absolute Gasteiger partial charge is 0.507 e. The number of aliphatic hydroxyl groups is 1. The van der Waals surface area contributed by atoms with Gasteiger partial charge >= 0.3 is 24.0 Å². The molecule has 0 saturated heterocycles. The molecular formula is C23H27NO9. The van der Waals surface area contributed by atoms with E-state index in [1.807, 2.05) is 0 Å². The predicted molar refractivity (Wildman–Crippen MR) is 117 cm³/mol. The fraction of sp³-hybridized carbons (Fsp3) is 0.391. The quantitative estimate of drug-likeness (QED) is 0.353. The number of methoxy groups -OCH3 is 2. The Morgan fingerprint density at radius 1 is 1.03 bits per heavy atom. The van der Waals surface area contributed by atoms with E-state index in [1.54, 1.807) is 38.1 Å². The van der Waals surface area contributed by atoms with Crippen LogP contribution in [0.15, 0.2) is 41.5 Å². The maximum Gasteiger partial charge on any atom is 0.414 e. The van der Waals surface area contributed by atoms with E-state index in [2.05, 4.69) is 4.74 Å². The van der Waals surface area contributed by atoms with Crippen molar-refractivity contribution in [3.05, 3.63) is 47.1 Å². The van der Waals surface area contributed by atoms with Gasteiger partial charge in [0.25, 0.3) is 0 Å². The van der Waals surface area contributed by atoms with Gasteiger partial charge in [0.15, 0.2) is 0 Å². The lowest BCUT2D eigenvalue weighted by Gasteiger charge is -2.37. The van der Waals surface area contributed by atoms with E-state index in [1.165, 1.54) is 19.1 Å². The molecule has 178 valence electrons. The van der Waals surface area contributed by atoms with Gasteiger partial charge in [0, 0.05) is 11.6 Å². The molecule has 1 aromatic carbocycles. The van der Waals surface area contributed by atoms with Crippen LogP contribution in [-0.2, 0) is 33.3 Å². The molecule has 0 radical (unpaired) electrons. The first-order valence-electron chi connectivity index (χ1n) is 10.3. The first kappa shape index (κ1) is 25.4. The van der Waals surface area contributed by atoms with E-state index < -0.39 is 30.0 Å². The lowest BCUT2D eigenvalue weighted by atomic mass is 9.88. The van der Waals surface area contributed by atoms with Gasteiger partial charge in [-0.3, -0.25) is 9.69 Å². The highest BCUT2D eigenvalue weighted by atomic mass is 16.6. The fourth-order valence-electron chi connectivity index (χ4n) is 3.45. The van der Waals surface area contributed by atoms with Crippen LogP contribution < -0.4 is 4.90 Å². The Kier molecular flexibility index (Phi) is 9.02. The highest BCUT2D eigenvalue weighted by Crippen LogP contribution is 2.40. The molecule has 10 nitrogen and oxygen atoms in total. The zero-order valence-corrected chi connectivity index (χ0v) is 19.0. The second-order valence-electron chi connectivity index (χ2n) is 6.87. The normalized spacial score (nSPS) is 15.5. The summed E-state index contributed by atoms with van der Waals surface area (Å²) in [6.45, 7) is 3.31. The van der Waals surface area contributed by atoms with Crippen LogP contribution >= 0.6 is 0 Å². The number of esters is 3. The van der Waals surface area contributed by atoms with Gasteiger partial charge in [0.2, 0.25) is 0 Å². The molecule has 1 aromatic rings. The van der Waals surface area contributed by atoms with Gasteiger partial charge in [-0.25, -0.2) is 14.4 Å². The number of anilines is 1. The highest BCUT2D eigenvalue weighted by Gasteiger charge is 2.42. The van der Waals surface area contributed by atoms with Gasteiger partial charge < -0.3 is 24.1 Å². The van der Waals surface area contributed by atoms with E-state index in [4.69, 9.17) is 14.2 Å². The molecule has 1 aliphatic heterocycles. The average molecular weight is 461 g/mol. The number of carbonyl (C=O) groups excluding carboxylic acids is 4. The minimum atomic E-state index is -1.14. The molecule has 0 aliphatic carbocycles. The topological polar surface area (TPSA) is 129 Å². The van der Waals surface area contributed by atoms with Crippen LogP contribution in [0.1, 0.15) is 32.3 Å². The van der Waals surface area contributed by atoms with Crippen LogP contribution in [0.25, 0.3) is 5.76 Å². The standard InChI is InChI=1S/C23H27NO9/c1-5-32-22(28)20-17(11-14(12-18(25)30-3)13-19(26)31-4)24(23(29)33-6-2)16-10-8-7-9-15(16)21(20)27/h7-10,12,17,27H,5-6,11,13H2,1-4H3/b14-12-. The van der Waals surface area contributed by atoms with Gasteiger partial charge in [-0.05, 0) is 38.0 Å². The third kappa shape index (κ3) is 5.91. The Hall–Kier alpha value is -3.82. The highest BCUT2D eigenvalue weighted by molar-refractivity contribution is 6.06. The van der Waals surface area contributed by atoms with Crippen molar-refractivity contribution in [3.8, 4) is 0 Å². The molecule has 0 saturated carbocycles. The minimum absolute atomic E-state index is 0.0242. The summed E-state index contributed by atoms with van der Waals surface area (Å²) in [5, 5.41) is 11.0. The molecule has 0 fully saturated rings. The average Bonchev–Trinajstić information content (AvgIpc) is 2.79. The van der Waals surface area contributed by atoms with Crippen LogP contribution in [0.5, 0.6) is 0 Å². The number of carbonyl (C=O) groups is 4. The number of nitrogens with zero attached hydrogens (tertiary/aromatic N) is 1. The molecule has 1 amide bonds. The molecule has 1 heterocycles. The van der Waals surface area contributed by atoms with Crippen molar-refractivity contribution in [2.75, 3.05) is 32.3 Å². The van der Waals surface area contributed by atoms with Crippen molar-refractivity contribution in [3.63, 3.8) is 0 Å². The van der Waals surface area contributed by atoms with Gasteiger partial charge in [-0.2, -0.15) is 0 Å². The van der Waals surface area contributed by atoms with E-state index in [-0.39, 0.29) is 48.5 Å². The van der Waals surface area contributed by atoms with Crippen molar-refractivity contribution in [2.24, 2.45) is 0 Å². The summed E-state index contributed by atoms with van der Waals surface area (Å²) in [6, 6.07) is 5.29. The number of para-hydroxylation sites is 1. The van der Waals surface area contributed by atoms with E-state index >= 15 is 0 Å². The molecule has 1 N–H and O–H groups in total. The van der Waals surface area contributed by atoms with Gasteiger partial charge in [-0.1, -0.05) is 12.1 Å². The number of aliphatic hydroxyl groups excluding tert-OH is 1. The number of amides is 1. The maximum absolute atomic E-state index is 13.0. The van der Waals surface area contributed by atoms with Crippen molar-refractivity contribution in [1.82, 2.24) is 0 Å². The third-order valence-corrected chi connectivity index (χ3v) is 4.86. The van der Waals surface area contributed by atoms with Gasteiger partial charge in [-0.15, -0.1) is 0 Å². The summed E-state index contributed by atoms with van der Waals surface area (Å²) in [5.41, 5.74) is 0.532. The monoisotopic (exact) mass is 461 g/mol. The summed E-state index contributed by atoms with van der Waals surface area (Å²) in [5.74, 6) is -2.60. The van der Waals surface area contributed by atoms with Crippen LogP contribution in [0.2, 0.25) is 0 Å². The molecule has 0 aromatic heterocycles. The van der Waals surface area contributed by atoms with Crippen LogP contribution in [0, 0.1) is 0 Å². The molecule has 1 unspecified atom stereocenters. The summed E-state index contributed by atoms with van der Waals surface area (Å²) in [6.07, 6.45) is -0.187. The molecule has 33 heavy (non-hydrogen) atoms. The van der Waals surface area contributed by atoms with Crippen molar-refractivity contribution in [1.29, 1.82) is 0 Å². The molecule has 0 bridgehead atoms. The SMILES string of the molecule is CCOC(=O)C1=C(O)c2ccccc2N(C(=O)OCC)C1C/C(=C/C(=O)OC)CC(=O)OC. The first-order valence-corrected chi connectivity index (χ1v) is 10.3. The molecule has 1 aliphatic rings. The minimum Gasteiger partial charge on any atom is -0.507 e. The number of hydrogen-bond acceptors (Lipinski definition) is 9. The first-order chi connectivity index (χ1) is 15.8. The third-order valence-electron chi connectivity index (χ3n) is 4.86. The smallest absolute Gasteiger partial charge is 0.414 e. The van der Waals surface area contributed by atoms with E-state index in [0.717, 1.165) is 6.08 Å². The Morgan fingerprint density at radius 2 is 1.70 bits per heavy atom. The number of benzene rings is 1. The lowest BCUT2D eigenvalue weighted by molar-refractivity contribution is -0.140. The molecule has 0 spiro atoms. The van der Waals surface area contributed by atoms with Gasteiger partial charge in [0.1, 0.15) is 11.3 Å². The fourth-order valence-corrected chi connectivity index (χ4v) is 3.45. The summed E-state index contributed by atoms with van der Waals surface area (Å²) >= 11 is 0. The number of rotatable bonds is 8. The van der Waals surface area contributed by atoms with E-state index in [0.29, 0.717) is 5.69 Å². The molecule has 10 heteroatoms. The number of fused-ring (bicyclic) bond motifs is 1. The molecule has 1 atom stereocenters. The number of hydrogen-bond donors (Lipinski definition) is 1. The van der Waals surface area contributed by atoms with E-state index in [9.17, 15) is 24.3 Å². The predicted octanol–water partition coefficient (Wildman–Crippen LogP) is 2.92. The second kappa shape index (κ2) is 11.7. The van der Waals surface area contributed by atoms with Crippen molar-refractivity contribution < 1.29 is 43.2 Å². The molecular weight excluding hydrogens is 434 g/mol. The summed E-state index contributed by atoms with van der Waals surface area (Å²) < 4.78 is 19.7. The van der Waals surface area contributed by atoms with Crippen molar-refractivity contribution >= 4 is 35.4 Å². The van der Waals surface area contributed by atoms with Crippen LogP contribution in [0.4, 0.5) is 10.5 Å². The maximum atomic E-state index is 13.0. The Balaban J connectivity index is 2.70. The van der Waals surface area contributed by atoms with Crippen molar-refractivity contribution in [2.45, 2.75) is 32.7 Å². The zero-order chi connectivity index (χ0) is 24.5. The second-order valence-corrected chi connectivity index (χ2v) is 6.87. The van der Waals surface area contributed by atoms with Crippen LogP contribution in [0.3, 0.4) is 0 Å². The lowest BCUT2D eigenvalue weighted by Crippen LogP contribution is -2.47. The zero-order valence-electron chi connectivity index (χ0n) is 19.0. The summed E-state index contributed by atoms with van der Waals surface area (Å²) in [4.78, 5) is 50.9. The molecule has 2 rings (SSSR count). The number of ether oxygens (including phenoxy) is 4. The Morgan fingerprint density at radius 3 is 2.30 bits per heavy atom. The van der Waals surface area contributed by atoms with Gasteiger partial charge in [0.05, 0.1) is 45.6 Å². The summed E-state index contributed by atoms with van der Waals surface area (Å²) in [7, 11) is 2.36. The Labute approximate surface area is 191 Å².